The maximum Gasteiger partial charge on any atom is 0.273 e. The van der Waals surface area contributed by atoms with Crippen LogP contribution in [0.2, 0.25) is 0 Å². The molecule has 0 atom stereocenters. The summed E-state index contributed by atoms with van der Waals surface area (Å²) in [4.78, 5) is 25.8. The minimum absolute atomic E-state index is 0.194. The van der Waals surface area contributed by atoms with Gasteiger partial charge in [0.1, 0.15) is 6.10 Å². The van der Waals surface area contributed by atoms with Crippen molar-refractivity contribution in [1.29, 1.82) is 0 Å². The Kier molecular flexibility index (Phi) is 6.97. The standard InChI is InChI=1S/C29H33F2N3O2S/c30-29(31)16-21(17-29)36-28-33-25-18-34(14-11-27(25)37-28)13-10-19-6-8-20(9-7-19)15-26(35)23-3-1-5-24-22(23)4-2-12-32-24/h1-5,12,19-21H,6-11,13-18H2. The number of carbonyl (C=O) groups excluding carboxylic acids is 1. The van der Waals surface area contributed by atoms with E-state index in [9.17, 15) is 13.6 Å². The van der Waals surface area contributed by atoms with Crippen LogP contribution in [0.5, 0.6) is 5.19 Å². The van der Waals surface area contributed by atoms with Gasteiger partial charge in [0.2, 0.25) is 0 Å². The molecule has 0 spiro atoms. The van der Waals surface area contributed by atoms with Gasteiger partial charge in [0.15, 0.2) is 5.78 Å². The summed E-state index contributed by atoms with van der Waals surface area (Å²) in [5.74, 6) is -1.15. The summed E-state index contributed by atoms with van der Waals surface area (Å²) in [6.45, 7) is 2.89. The highest BCUT2D eigenvalue weighted by molar-refractivity contribution is 7.13. The SMILES string of the molecule is O=C(CC1CCC(CCN2CCc3sc(OC4CC(F)(F)C4)nc3C2)CC1)c1cccc2ncccc12. The molecule has 0 bridgehead atoms. The molecule has 0 amide bonds. The Morgan fingerprint density at radius 2 is 1.92 bits per heavy atom. The number of Topliss-reactive ketones (excluding diaryl/α,β-unsaturated/α-hetero) is 1. The van der Waals surface area contributed by atoms with Crippen LogP contribution in [0.4, 0.5) is 8.78 Å². The molecular weight excluding hydrogens is 492 g/mol. The van der Waals surface area contributed by atoms with Gasteiger partial charge < -0.3 is 4.74 Å². The Labute approximate surface area is 220 Å². The van der Waals surface area contributed by atoms with Gasteiger partial charge in [0, 0.05) is 54.4 Å². The molecule has 3 heterocycles. The van der Waals surface area contributed by atoms with Gasteiger partial charge in [-0.3, -0.25) is 14.7 Å². The van der Waals surface area contributed by atoms with Crippen molar-refractivity contribution in [3.05, 3.63) is 52.7 Å². The summed E-state index contributed by atoms with van der Waals surface area (Å²) in [6, 6.07) is 9.71. The van der Waals surface area contributed by atoms with Crippen LogP contribution in [0.25, 0.3) is 10.9 Å². The van der Waals surface area contributed by atoms with Gasteiger partial charge in [-0.15, -0.1) is 0 Å². The zero-order valence-electron chi connectivity index (χ0n) is 21.0. The lowest BCUT2D eigenvalue weighted by molar-refractivity contribution is -0.134. The highest BCUT2D eigenvalue weighted by Crippen LogP contribution is 2.41. The van der Waals surface area contributed by atoms with Crippen molar-refractivity contribution in [2.45, 2.75) is 76.4 Å². The van der Waals surface area contributed by atoms with E-state index in [4.69, 9.17) is 4.74 Å². The molecule has 196 valence electrons. The van der Waals surface area contributed by atoms with E-state index in [0.29, 0.717) is 23.5 Å². The zero-order valence-corrected chi connectivity index (χ0v) is 21.8. The number of aromatic nitrogens is 2. The molecule has 2 saturated carbocycles. The molecule has 0 radical (unpaired) electrons. The maximum atomic E-state index is 13.1. The lowest BCUT2D eigenvalue weighted by atomic mass is 9.78. The van der Waals surface area contributed by atoms with E-state index in [1.807, 2.05) is 30.3 Å². The molecule has 5 nitrogen and oxygen atoms in total. The number of carbonyl (C=O) groups is 1. The second kappa shape index (κ2) is 10.4. The van der Waals surface area contributed by atoms with Crippen molar-refractivity contribution in [2.75, 3.05) is 13.1 Å². The predicted molar refractivity (Wildman–Crippen MR) is 140 cm³/mol. The number of alkyl halides is 2. The molecule has 2 aliphatic carbocycles. The highest BCUT2D eigenvalue weighted by atomic mass is 32.1. The largest absolute Gasteiger partial charge is 0.466 e. The van der Waals surface area contributed by atoms with E-state index >= 15 is 0 Å². The molecular formula is C29H33F2N3O2S. The van der Waals surface area contributed by atoms with Crippen LogP contribution in [0.15, 0.2) is 36.5 Å². The van der Waals surface area contributed by atoms with Crippen molar-refractivity contribution >= 4 is 28.0 Å². The smallest absolute Gasteiger partial charge is 0.273 e. The number of pyridine rings is 1. The summed E-state index contributed by atoms with van der Waals surface area (Å²) in [5, 5.41) is 1.51. The number of hydrogen-bond donors (Lipinski definition) is 0. The Hall–Kier alpha value is -2.45. The summed E-state index contributed by atoms with van der Waals surface area (Å²) in [5.41, 5.74) is 2.74. The van der Waals surface area contributed by atoms with Gasteiger partial charge in [0.25, 0.3) is 11.1 Å². The molecule has 0 unspecified atom stereocenters. The first-order valence-corrected chi connectivity index (χ1v) is 14.4. The fraction of sp³-hybridized carbons (Fsp3) is 0.552. The van der Waals surface area contributed by atoms with Crippen molar-refractivity contribution in [2.24, 2.45) is 11.8 Å². The summed E-state index contributed by atoms with van der Waals surface area (Å²) in [6.07, 6.45) is 8.37. The number of ether oxygens (including phenoxy) is 1. The second-order valence-corrected chi connectivity index (χ2v) is 12.1. The normalized spacial score (nSPS) is 23.9. The number of benzene rings is 1. The first kappa shape index (κ1) is 24.9. The number of thiazole rings is 1. The van der Waals surface area contributed by atoms with E-state index in [-0.39, 0.29) is 18.6 Å². The topological polar surface area (TPSA) is 55.3 Å². The average molecular weight is 526 g/mol. The predicted octanol–water partition coefficient (Wildman–Crippen LogP) is 6.70. The molecule has 3 aliphatic rings. The molecule has 37 heavy (non-hydrogen) atoms. The quantitative estimate of drug-likeness (QED) is 0.307. The summed E-state index contributed by atoms with van der Waals surface area (Å²) >= 11 is 1.53. The Balaban J connectivity index is 0.944. The van der Waals surface area contributed by atoms with Gasteiger partial charge in [-0.25, -0.2) is 13.8 Å². The number of nitrogens with zero attached hydrogens (tertiary/aromatic N) is 3. The molecule has 1 aromatic carbocycles. The van der Waals surface area contributed by atoms with E-state index < -0.39 is 12.0 Å². The highest BCUT2D eigenvalue weighted by Gasteiger charge is 2.47. The molecule has 3 aromatic rings. The minimum Gasteiger partial charge on any atom is -0.466 e. The Bertz CT molecular complexity index is 1260. The van der Waals surface area contributed by atoms with Crippen LogP contribution in [-0.2, 0) is 13.0 Å². The van der Waals surface area contributed by atoms with E-state index in [0.717, 1.165) is 61.1 Å². The van der Waals surface area contributed by atoms with E-state index in [1.165, 1.54) is 35.5 Å². The van der Waals surface area contributed by atoms with Crippen LogP contribution in [0, 0.1) is 11.8 Å². The molecule has 1 aliphatic heterocycles. The van der Waals surface area contributed by atoms with Gasteiger partial charge in [-0.2, -0.15) is 0 Å². The number of halogens is 2. The molecule has 8 heteroatoms. The number of fused-ring (bicyclic) bond motifs is 2. The van der Waals surface area contributed by atoms with Crippen molar-refractivity contribution in [3.63, 3.8) is 0 Å². The third-order valence-corrected chi connectivity index (χ3v) is 9.40. The minimum atomic E-state index is -2.57. The Morgan fingerprint density at radius 1 is 1.11 bits per heavy atom. The first-order valence-electron chi connectivity index (χ1n) is 13.5. The molecule has 0 N–H and O–H groups in total. The Morgan fingerprint density at radius 3 is 2.73 bits per heavy atom. The number of ketones is 1. The summed E-state index contributed by atoms with van der Waals surface area (Å²) in [7, 11) is 0. The van der Waals surface area contributed by atoms with Crippen molar-refractivity contribution in [1.82, 2.24) is 14.9 Å². The van der Waals surface area contributed by atoms with Crippen LogP contribution in [-0.4, -0.2) is 45.8 Å². The maximum absolute atomic E-state index is 13.1. The summed E-state index contributed by atoms with van der Waals surface area (Å²) < 4.78 is 31.9. The van der Waals surface area contributed by atoms with Crippen LogP contribution >= 0.6 is 11.3 Å². The zero-order chi connectivity index (χ0) is 25.4. The molecule has 6 rings (SSSR count). The average Bonchev–Trinajstić information content (AvgIpc) is 3.28. The van der Waals surface area contributed by atoms with Gasteiger partial charge in [-0.05, 0) is 56.2 Å². The first-order chi connectivity index (χ1) is 17.9. The van der Waals surface area contributed by atoms with Gasteiger partial charge >= 0.3 is 0 Å². The second-order valence-electron chi connectivity index (χ2n) is 11.1. The molecule has 2 fully saturated rings. The van der Waals surface area contributed by atoms with Crippen LogP contribution < -0.4 is 4.74 Å². The fourth-order valence-corrected chi connectivity index (χ4v) is 7.08. The van der Waals surface area contributed by atoms with Crippen molar-refractivity contribution in [3.8, 4) is 5.19 Å². The van der Waals surface area contributed by atoms with Crippen LogP contribution in [0.1, 0.15) is 72.3 Å². The fourth-order valence-electron chi connectivity index (χ4n) is 6.11. The third-order valence-electron chi connectivity index (χ3n) is 8.35. The van der Waals surface area contributed by atoms with Crippen molar-refractivity contribution < 1.29 is 18.3 Å². The molecule has 2 aromatic heterocycles. The third kappa shape index (κ3) is 5.70. The van der Waals surface area contributed by atoms with E-state index in [1.54, 1.807) is 6.20 Å². The lowest BCUT2D eigenvalue weighted by Crippen LogP contribution is -2.43. The van der Waals surface area contributed by atoms with E-state index in [2.05, 4.69) is 14.9 Å². The van der Waals surface area contributed by atoms with Gasteiger partial charge in [0.05, 0.1) is 11.2 Å². The van der Waals surface area contributed by atoms with Gasteiger partial charge in [-0.1, -0.05) is 42.4 Å². The number of rotatable bonds is 8. The molecule has 0 saturated heterocycles. The number of hydrogen-bond acceptors (Lipinski definition) is 6. The monoisotopic (exact) mass is 525 g/mol. The van der Waals surface area contributed by atoms with Crippen LogP contribution in [0.3, 0.4) is 0 Å². The lowest BCUT2D eigenvalue weighted by Gasteiger charge is -2.33.